The summed E-state index contributed by atoms with van der Waals surface area (Å²) in [6, 6.07) is 5.44. The Labute approximate surface area is 204 Å². The summed E-state index contributed by atoms with van der Waals surface area (Å²) < 4.78 is 27.4. The molecule has 35 heavy (non-hydrogen) atoms. The number of nitrogens with two attached hydrogens (primary N) is 1. The molecule has 2 saturated heterocycles. The Bertz CT molecular complexity index is 1140. The summed E-state index contributed by atoms with van der Waals surface area (Å²) in [4.78, 5) is 27.0. The smallest absolute Gasteiger partial charge is 0.258 e. The molecule has 3 fully saturated rings. The van der Waals surface area contributed by atoms with Gasteiger partial charge in [0.05, 0.1) is 16.9 Å². The van der Waals surface area contributed by atoms with Gasteiger partial charge in [-0.25, -0.2) is 13.8 Å². The number of nitrogens with zero attached hydrogens (tertiary/aromatic N) is 4. The first-order valence-electron chi connectivity index (χ1n) is 12.8. The van der Waals surface area contributed by atoms with Gasteiger partial charge < -0.3 is 20.9 Å². The molecule has 1 aromatic carbocycles. The molecule has 1 amide bonds. The molecule has 1 saturated carbocycles. The van der Waals surface area contributed by atoms with Gasteiger partial charge in [-0.2, -0.15) is 4.98 Å². The van der Waals surface area contributed by atoms with Gasteiger partial charge in [-0.1, -0.05) is 0 Å². The first-order valence-corrected chi connectivity index (χ1v) is 12.8. The number of piperidine rings is 2. The molecule has 1 aromatic heterocycles. The summed E-state index contributed by atoms with van der Waals surface area (Å²) in [6.45, 7) is 2.27. The molecule has 0 bridgehead atoms. The van der Waals surface area contributed by atoms with Crippen LogP contribution in [0.15, 0.2) is 18.2 Å². The van der Waals surface area contributed by atoms with Crippen molar-refractivity contribution in [3.63, 3.8) is 0 Å². The van der Waals surface area contributed by atoms with Gasteiger partial charge in [0.1, 0.15) is 5.82 Å². The fraction of sp³-hybridized carbons (Fsp3) is 0.577. The van der Waals surface area contributed by atoms with Crippen molar-refractivity contribution in [1.29, 1.82) is 0 Å². The zero-order chi connectivity index (χ0) is 24.2. The molecule has 0 radical (unpaired) electrons. The Morgan fingerprint density at radius 1 is 0.943 bits per heavy atom. The first kappa shape index (κ1) is 22.5. The molecule has 9 heteroatoms. The Hall–Kier alpha value is -2.97. The highest BCUT2D eigenvalue weighted by atomic mass is 19.3. The fourth-order valence-electron chi connectivity index (χ4n) is 5.77. The predicted octanol–water partition coefficient (Wildman–Crippen LogP) is 4.42. The molecule has 0 atom stereocenters. The number of aryl methyl sites for hydroxylation is 1. The molecule has 7 nitrogen and oxygen atoms in total. The summed E-state index contributed by atoms with van der Waals surface area (Å²) in [7, 11) is 0. The molecule has 3 heterocycles. The lowest BCUT2D eigenvalue weighted by atomic mass is 9.93. The van der Waals surface area contributed by atoms with Crippen molar-refractivity contribution in [2.45, 2.75) is 63.7 Å². The number of hydrogen-bond donors (Lipinski definition) is 2. The lowest BCUT2D eigenvalue weighted by Crippen LogP contribution is -2.40. The number of benzene rings is 1. The predicted molar refractivity (Wildman–Crippen MR) is 132 cm³/mol. The number of rotatable bonds is 4. The number of carbonyl (C=O) groups is 1. The van der Waals surface area contributed by atoms with Crippen LogP contribution in [0.3, 0.4) is 0 Å². The number of hydrogen-bond acceptors (Lipinski definition) is 6. The first-order chi connectivity index (χ1) is 16.8. The summed E-state index contributed by atoms with van der Waals surface area (Å²) in [5.74, 6) is -1.93. The minimum atomic E-state index is -2.64. The minimum Gasteiger partial charge on any atom is -0.399 e. The molecular formula is C26H32F2N6O. The topological polar surface area (TPSA) is 87.4 Å². The third kappa shape index (κ3) is 4.41. The van der Waals surface area contributed by atoms with Crippen molar-refractivity contribution in [3.8, 4) is 0 Å². The van der Waals surface area contributed by atoms with Crippen LogP contribution in [0.5, 0.6) is 0 Å². The fourth-order valence-corrected chi connectivity index (χ4v) is 5.77. The normalized spacial score (nSPS) is 22.2. The number of nitrogens with one attached hydrogen (secondary N) is 1. The highest BCUT2D eigenvalue weighted by molar-refractivity contribution is 6.08. The van der Waals surface area contributed by atoms with Gasteiger partial charge >= 0.3 is 0 Å². The molecule has 0 unspecified atom stereocenters. The van der Waals surface area contributed by atoms with Crippen LogP contribution in [-0.4, -0.2) is 48.0 Å². The molecule has 1 spiro atoms. The van der Waals surface area contributed by atoms with Crippen LogP contribution >= 0.6 is 0 Å². The number of anilines is 4. The average Bonchev–Trinajstić information content (AvgIpc) is 3.40. The zero-order valence-corrected chi connectivity index (χ0v) is 20.0. The Balaban J connectivity index is 1.26. The summed E-state index contributed by atoms with van der Waals surface area (Å²) in [5.41, 5.74) is 10.6. The zero-order valence-electron chi connectivity index (χ0n) is 20.0. The average molecular weight is 483 g/mol. The second kappa shape index (κ2) is 8.31. The van der Waals surface area contributed by atoms with E-state index in [2.05, 4.69) is 20.2 Å². The Kier molecular flexibility index (Phi) is 5.34. The van der Waals surface area contributed by atoms with Gasteiger partial charge in [-0.3, -0.25) is 4.79 Å². The van der Waals surface area contributed by atoms with E-state index in [4.69, 9.17) is 5.73 Å². The quantitative estimate of drug-likeness (QED) is 0.628. The number of halogens is 2. The van der Waals surface area contributed by atoms with E-state index in [1.165, 1.54) is 12.8 Å². The van der Waals surface area contributed by atoms with Gasteiger partial charge in [0, 0.05) is 50.3 Å². The van der Waals surface area contributed by atoms with E-state index in [1.807, 2.05) is 11.0 Å². The van der Waals surface area contributed by atoms with E-state index >= 15 is 0 Å². The van der Waals surface area contributed by atoms with Crippen molar-refractivity contribution in [3.05, 3.63) is 35.0 Å². The standard InChI is InChI=1S/C26H32F2N6O/c27-26(28)10-14-34(15-11-26)24-30-20-3-1-2-18(20)22(32-24)31-23(35)19-5-4-17(29)16-21(19)33-12-8-25(6-7-25)9-13-33/h4-5,16H,1-3,6-15,29H2,(H,30,31,32,35). The number of nitrogen functional groups attached to an aromatic ring is 1. The van der Waals surface area contributed by atoms with E-state index in [9.17, 15) is 13.6 Å². The second-order valence-corrected chi connectivity index (χ2v) is 10.7. The summed E-state index contributed by atoms with van der Waals surface area (Å²) >= 11 is 0. The van der Waals surface area contributed by atoms with Crippen molar-refractivity contribution < 1.29 is 13.6 Å². The van der Waals surface area contributed by atoms with Crippen LogP contribution in [0.1, 0.15) is 66.6 Å². The van der Waals surface area contributed by atoms with Crippen LogP contribution in [-0.2, 0) is 12.8 Å². The van der Waals surface area contributed by atoms with E-state index in [0.29, 0.717) is 28.4 Å². The number of carbonyl (C=O) groups excluding carboxylic acids is 1. The van der Waals surface area contributed by atoms with E-state index in [-0.39, 0.29) is 31.8 Å². The maximum absolute atomic E-state index is 13.7. The van der Waals surface area contributed by atoms with Gasteiger partial charge in [0.15, 0.2) is 0 Å². The van der Waals surface area contributed by atoms with Gasteiger partial charge in [-0.05, 0) is 68.6 Å². The van der Waals surface area contributed by atoms with Crippen LogP contribution in [0.25, 0.3) is 0 Å². The number of fused-ring (bicyclic) bond motifs is 1. The van der Waals surface area contributed by atoms with Gasteiger partial charge in [0.2, 0.25) is 5.95 Å². The Morgan fingerprint density at radius 2 is 1.66 bits per heavy atom. The van der Waals surface area contributed by atoms with Crippen LogP contribution in [0.4, 0.5) is 31.9 Å². The Morgan fingerprint density at radius 3 is 2.37 bits per heavy atom. The molecule has 2 aromatic rings. The van der Waals surface area contributed by atoms with Crippen molar-refractivity contribution in [2.75, 3.05) is 47.0 Å². The van der Waals surface area contributed by atoms with E-state index in [0.717, 1.165) is 62.1 Å². The molecule has 2 aliphatic carbocycles. The molecule has 186 valence electrons. The SMILES string of the molecule is Nc1ccc(C(=O)Nc2nc(N3CCC(F)(F)CC3)nc3c2CCC3)c(N2CCC3(CC2)CC3)c1. The van der Waals surface area contributed by atoms with Crippen LogP contribution in [0.2, 0.25) is 0 Å². The third-order valence-corrected chi connectivity index (χ3v) is 8.32. The van der Waals surface area contributed by atoms with Crippen molar-refractivity contribution >= 4 is 29.0 Å². The molecular weight excluding hydrogens is 450 g/mol. The number of amides is 1. The maximum atomic E-state index is 13.7. The van der Waals surface area contributed by atoms with Crippen LogP contribution < -0.4 is 20.9 Å². The molecule has 6 rings (SSSR count). The minimum absolute atomic E-state index is 0.206. The largest absolute Gasteiger partial charge is 0.399 e. The van der Waals surface area contributed by atoms with Gasteiger partial charge in [-0.15, -0.1) is 0 Å². The van der Waals surface area contributed by atoms with Crippen molar-refractivity contribution in [1.82, 2.24) is 9.97 Å². The molecule has 3 N–H and O–H groups in total. The van der Waals surface area contributed by atoms with E-state index < -0.39 is 5.92 Å². The number of aromatic nitrogens is 2. The number of alkyl halides is 2. The molecule has 4 aliphatic rings. The molecule has 2 aliphatic heterocycles. The van der Waals surface area contributed by atoms with Crippen LogP contribution in [0, 0.1) is 5.41 Å². The highest BCUT2D eigenvalue weighted by Gasteiger charge is 2.44. The summed E-state index contributed by atoms with van der Waals surface area (Å²) in [5, 5.41) is 3.05. The highest BCUT2D eigenvalue weighted by Crippen LogP contribution is 2.54. The lowest BCUT2D eigenvalue weighted by Gasteiger charge is -2.35. The summed E-state index contributed by atoms with van der Waals surface area (Å²) in [6.07, 6.45) is 7.08. The van der Waals surface area contributed by atoms with E-state index in [1.54, 1.807) is 12.1 Å². The van der Waals surface area contributed by atoms with Crippen molar-refractivity contribution in [2.24, 2.45) is 5.41 Å². The monoisotopic (exact) mass is 482 g/mol. The maximum Gasteiger partial charge on any atom is 0.258 e. The van der Waals surface area contributed by atoms with Gasteiger partial charge in [0.25, 0.3) is 11.8 Å². The lowest BCUT2D eigenvalue weighted by molar-refractivity contribution is -0.0222. The second-order valence-electron chi connectivity index (χ2n) is 10.7. The third-order valence-electron chi connectivity index (χ3n) is 8.32.